The lowest BCUT2D eigenvalue weighted by atomic mass is 9.93. The Bertz CT molecular complexity index is 2430. The number of methoxy groups -OCH3 is 1. The first-order chi connectivity index (χ1) is 43.8. The van der Waals surface area contributed by atoms with Crippen molar-refractivity contribution in [2.75, 3.05) is 171 Å². The van der Waals surface area contributed by atoms with Crippen LogP contribution in [0.2, 0.25) is 0 Å². The van der Waals surface area contributed by atoms with Gasteiger partial charge in [-0.05, 0) is 69.7 Å². The van der Waals surface area contributed by atoms with E-state index < -0.39 is 89.4 Å². The van der Waals surface area contributed by atoms with Crippen molar-refractivity contribution in [2.45, 2.75) is 116 Å². The predicted molar refractivity (Wildman–Crippen MR) is 324 cm³/mol. The summed E-state index contributed by atoms with van der Waals surface area (Å²) in [6, 6.07) is 1.14. The highest BCUT2D eigenvalue weighted by Crippen LogP contribution is 2.25. The lowest BCUT2D eigenvalue weighted by Gasteiger charge is -2.35. The van der Waals surface area contributed by atoms with E-state index in [0.717, 1.165) is 17.1 Å². The number of aromatic nitrogens is 3. The van der Waals surface area contributed by atoms with Crippen LogP contribution in [0.15, 0.2) is 36.5 Å². The van der Waals surface area contributed by atoms with Crippen LogP contribution in [0.1, 0.15) is 64.8 Å². The molecule has 1 fully saturated rings. The van der Waals surface area contributed by atoms with Gasteiger partial charge in [0.05, 0.1) is 182 Å². The summed E-state index contributed by atoms with van der Waals surface area (Å²) in [4.78, 5) is 80.9. The third-order valence-electron chi connectivity index (χ3n) is 13.8. The number of amides is 5. The summed E-state index contributed by atoms with van der Waals surface area (Å²) in [5.41, 5.74) is 1.08. The van der Waals surface area contributed by atoms with Crippen LogP contribution in [0.4, 0.5) is 5.69 Å². The molecule has 4 rings (SSSR count). The Hall–Kier alpha value is -5.52. The number of ether oxygens (including phenoxy) is 14. The van der Waals surface area contributed by atoms with Gasteiger partial charge in [-0.15, -0.1) is 5.10 Å². The smallest absolute Gasteiger partial charge is 0.311 e. The Morgan fingerprint density at radius 3 is 1.56 bits per heavy atom. The third kappa shape index (κ3) is 31.3. The zero-order valence-corrected chi connectivity index (χ0v) is 53.9. The first-order valence-electron chi connectivity index (χ1n) is 30.9. The zero-order chi connectivity index (χ0) is 66.2. The van der Waals surface area contributed by atoms with Crippen molar-refractivity contribution >= 4 is 41.2 Å². The number of anilines is 1. The van der Waals surface area contributed by atoms with E-state index in [-0.39, 0.29) is 51.3 Å². The molecule has 1 aromatic heterocycles. The molecule has 30 heteroatoms. The Morgan fingerprint density at radius 2 is 1.10 bits per heavy atom. The SMILES string of the molecule is COCCOCCOCCOCCOCCOCCOCCOCCOCCOCCOCCOCCn1cc(CC(C(=O)N[C@H](C(=O)N[C@@H](C)C(=O)Nc2ccc(COC(=O)C(C)(C)C)c(CC[C@@H]3OC[C@@H](O)[C@H](O)[C@H]3O)c2)C(C)C)N2C(=O)C=CC2=O)nn1. The van der Waals surface area contributed by atoms with Gasteiger partial charge in [-0.3, -0.25) is 33.7 Å². The average Bonchev–Trinajstić information content (AvgIpc) is 1.99. The summed E-state index contributed by atoms with van der Waals surface area (Å²) in [6.45, 7) is 20.1. The largest absolute Gasteiger partial charge is 0.460 e. The van der Waals surface area contributed by atoms with Crippen LogP contribution in [0.3, 0.4) is 0 Å². The lowest BCUT2D eigenvalue weighted by Crippen LogP contribution is -2.58. The van der Waals surface area contributed by atoms with E-state index in [1.54, 1.807) is 66.1 Å². The number of rotatable bonds is 51. The fourth-order valence-electron chi connectivity index (χ4n) is 8.62. The fraction of sp³-hybridized carbons (Fsp3) is 0.738. The first kappa shape index (κ1) is 77.9. The minimum Gasteiger partial charge on any atom is -0.460 e. The molecule has 5 amide bonds. The highest BCUT2D eigenvalue weighted by molar-refractivity contribution is 6.15. The second-order valence-corrected chi connectivity index (χ2v) is 22.5. The van der Waals surface area contributed by atoms with E-state index in [9.17, 15) is 44.1 Å². The molecule has 2 aromatic rings. The van der Waals surface area contributed by atoms with E-state index in [2.05, 4.69) is 26.3 Å². The van der Waals surface area contributed by atoms with Gasteiger partial charge in [0, 0.05) is 37.6 Å². The standard InChI is InChI=1S/C61H99N7O23/c1-43(2)54(59(76)62-44(3)57(74)63-47-10-8-46(41-91-60(77)61(4,5)6)45(38-47)9-11-51-56(73)55(72)50(69)42-90-51)64-58(75)49(68-52(70)12-13-53(68)71)39-48-40-67(66-65-48)14-15-79-18-19-81-22-23-83-26-27-85-30-31-87-34-35-89-37-36-88-33-32-86-29-28-84-25-24-82-21-20-80-17-16-78-7/h8,10,12-13,38,40,43-44,49-51,54-56,69,72-73H,9,11,14-37,39,41-42H2,1-7H3,(H,62,76)(H,63,74)(H,64,75)/t44-,49?,50+,51-,54-,55-,56-/m0/s1. The Balaban J connectivity index is 1.07. The van der Waals surface area contributed by atoms with Crippen LogP contribution in [0.5, 0.6) is 0 Å². The minimum absolute atomic E-state index is 0.0903. The van der Waals surface area contributed by atoms with Crippen molar-refractivity contribution in [1.29, 1.82) is 0 Å². The van der Waals surface area contributed by atoms with Crippen molar-refractivity contribution in [3.63, 3.8) is 0 Å². The van der Waals surface area contributed by atoms with Gasteiger partial charge < -0.3 is 97.6 Å². The molecule has 516 valence electrons. The maximum absolute atomic E-state index is 14.1. The maximum Gasteiger partial charge on any atom is 0.311 e. The normalized spacial score (nSPS) is 17.8. The summed E-state index contributed by atoms with van der Waals surface area (Å²) in [7, 11) is 1.63. The molecule has 1 aromatic carbocycles. The van der Waals surface area contributed by atoms with E-state index >= 15 is 0 Å². The molecule has 2 aliphatic heterocycles. The quantitative estimate of drug-likeness (QED) is 0.0282. The number of aryl methyl sites for hydroxylation is 1. The highest BCUT2D eigenvalue weighted by atomic mass is 16.6. The number of nitrogens with zero attached hydrogens (tertiary/aromatic N) is 4. The molecule has 0 spiro atoms. The van der Waals surface area contributed by atoms with Crippen molar-refractivity contribution in [1.82, 2.24) is 30.5 Å². The molecular formula is C61H99N7O23. The highest BCUT2D eigenvalue weighted by Gasteiger charge is 2.40. The molecule has 1 saturated heterocycles. The average molecular weight is 1300 g/mol. The topological polar surface area (TPSA) is 362 Å². The third-order valence-corrected chi connectivity index (χ3v) is 13.8. The Kier molecular flexibility index (Phi) is 38.5. The van der Waals surface area contributed by atoms with Gasteiger partial charge in [0.2, 0.25) is 17.7 Å². The van der Waals surface area contributed by atoms with Crippen LogP contribution >= 0.6 is 0 Å². The summed E-state index contributed by atoms with van der Waals surface area (Å²) in [5, 5.41) is 47.1. The van der Waals surface area contributed by atoms with E-state index in [1.165, 1.54) is 11.6 Å². The van der Waals surface area contributed by atoms with E-state index in [4.69, 9.17) is 66.3 Å². The Labute approximate surface area is 532 Å². The Morgan fingerprint density at radius 1 is 0.626 bits per heavy atom. The van der Waals surface area contributed by atoms with Crippen LogP contribution < -0.4 is 16.0 Å². The summed E-state index contributed by atoms with van der Waals surface area (Å²) in [5.74, 6) is -4.58. The zero-order valence-electron chi connectivity index (χ0n) is 53.9. The molecule has 2 aliphatic rings. The summed E-state index contributed by atoms with van der Waals surface area (Å²) < 4.78 is 78.1. The number of hydrogen-bond acceptors (Lipinski definition) is 25. The van der Waals surface area contributed by atoms with E-state index in [0.29, 0.717) is 162 Å². The fourth-order valence-corrected chi connectivity index (χ4v) is 8.62. The molecule has 0 bridgehead atoms. The molecule has 0 aliphatic carbocycles. The predicted octanol–water partition coefficient (Wildman–Crippen LogP) is -0.269. The number of esters is 1. The van der Waals surface area contributed by atoms with Crippen LogP contribution in [-0.4, -0.2) is 279 Å². The lowest BCUT2D eigenvalue weighted by molar-refractivity contribution is -0.188. The number of carbonyl (C=O) groups is 6. The maximum atomic E-state index is 14.1. The van der Waals surface area contributed by atoms with Crippen LogP contribution in [0, 0.1) is 11.3 Å². The second kappa shape index (κ2) is 44.9. The minimum atomic E-state index is -1.43. The number of hydrogen-bond donors (Lipinski definition) is 6. The first-order valence-corrected chi connectivity index (χ1v) is 30.9. The monoisotopic (exact) mass is 1300 g/mol. The number of aliphatic hydroxyl groups excluding tert-OH is 3. The summed E-state index contributed by atoms with van der Waals surface area (Å²) in [6.07, 6.45) is -0.924. The molecule has 0 radical (unpaired) electrons. The molecule has 1 unspecified atom stereocenters. The van der Waals surface area contributed by atoms with E-state index in [1.807, 2.05) is 0 Å². The molecule has 0 saturated carbocycles. The number of benzene rings is 1. The molecule has 6 N–H and O–H groups in total. The summed E-state index contributed by atoms with van der Waals surface area (Å²) >= 11 is 0. The van der Waals surface area contributed by atoms with Gasteiger partial charge in [0.25, 0.3) is 11.8 Å². The van der Waals surface area contributed by atoms with Gasteiger partial charge in [-0.25, -0.2) is 4.68 Å². The van der Waals surface area contributed by atoms with Gasteiger partial charge in [0.15, 0.2) is 0 Å². The van der Waals surface area contributed by atoms with Crippen LogP contribution in [0.25, 0.3) is 0 Å². The van der Waals surface area contributed by atoms with Gasteiger partial charge in [0.1, 0.15) is 43.0 Å². The molecular weight excluding hydrogens is 1200 g/mol. The number of imide groups is 1. The molecule has 30 nitrogen and oxygen atoms in total. The van der Waals surface area contributed by atoms with Gasteiger partial charge in [-0.1, -0.05) is 25.1 Å². The number of nitrogens with one attached hydrogen (secondary N) is 3. The number of aliphatic hydroxyl groups is 3. The molecule has 91 heavy (non-hydrogen) atoms. The van der Waals surface area contributed by atoms with Crippen molar-refractivity contribution < 1.29 is 110 Å². The molecule has 3 heterocycles. The second-order valence-electron chi connectivity index (χ2n) is 22.5. The molecule has 7 atom stereocenters. The van der Waals surface area contributed by atoms with Gasteiger partial charge in [-0.2, -0.15) is 0 Å². The van der Waals surface area contributed by atoms with Crippen molar-refractivity contribution in [2.24, 2.45) is 11.3 Å². The van der Waals surface area contributed by atoms with Crippen LogP contribution in [-0.2, 0) is 121 Å². The number of carbonyl (C=O) groups excluding carboxylic acids is 6. The van der Waals surface area contributed by atoms with Crippen molar-refractivity contribution in [3.8, 4) is 0 Å². The van der Waals surface area contributed by atoms with Gasteiger partial charge >= 0.3 is 5.97 Å². The van der Waals surface area contributed by atoms with Crippen molar-refractivity contribution in [3.05, 3.63) is 53.4 Å².